The zero-order valence-electron chi connectivity index (χ0n) is 10.2. The molecule has 4 heteroatoms. The predicted octanol–water partition coefficient (Wildman–Crippen LogP) is 3.49. The first-order chi connectivity index (χ1) is 8.65. The van der Waals surface area contributed by atoms with Crippen LogP contribution in [0.3, 0.4) is 0 Å². The van der Waals surface area contributed by atoms with E-state index in [4.69, 9.17) is 11.6 Å². The van der Waals surface area contributed by atoms with Crippen molar-refractivity contribution < 1.29 is 5.11 Å². The molecule has 0 saturated carbocycles. The van der Waals surface area contributed by atoms with Gasteiger partial charge in [0.15, 0.2) is 5.15 Å². The normalized spacial score (nSPS) is 18.7. The summed E-state index contributed by atoms with van der Waals surface area (Å²) in [6.45, 7) is 3.21. The standard InChI is InChI=1S/C14H15ClN2O/c1-9-6-7-17-12(8-9)13(15)16-14(17)10-2-4-11(18)5-3-10/h2-5,9,18H,6-8H2,1H3. The average Bonchev–Trinajstić information content (AvgIpc) is 2.68. The van der Waals surface area contributed by atoms with Crippen LogP contribution in [0.15, 0.2) is 24.3 Å². The molecule has 1 unspecified atom stereocenters. The molecular weight excluding hydrogens is 248 g/mol. The molecule has 1 aliphatic rings. The predicted molar refractivity (Wildman–Crippen MR) is 71.8 cm³/mol. The molecule has 18 heavy (non-hydrogen) atoms. The fraction of sp³-hybridized carbons (Fsp3) is 0.357. The van der Waals surface area contributed by atoms with Gasteiger partial charge in [0, 0.05) is 12.1 Å². The summed E-state index contributed by atoms with van der Waals surface area (Å²) in [5, 5.41) is 9.94. The maximum absolute atomic E-state index is 9.33. The Morgan fingerprint density at radius 3 is 2.78 bits per heavy atom. The number of hydrogen-bond donors (Lipinski definition) is 1. The fourth-order valence-corrected chi connectivity index (χ4v) is 2.76. The summed E-state index contributed by atoms with van der Waals surface area (Å²) in [5.41, 5.74) is 2.13. The number of aromatic hydroxyl groups is 1. The molecule has 1 atom stereocenters. The van der Waals surface area contributed by atoms with Gasteiger partial charge in [-0.2, -0.15) is 0 Å². The Bertz CT molecular complexity index is 574. The average molecular weight is 263 g/mol. The van der Waals surface area contributed by atoms with Crippen LogP contribution in [0.2, 0.25) is 5.15 Å². The Balaban J connectivity index is 2.08. The highest BCUT2D eigenvalue weighted by atomic mass is 35.5. The van der Waals surface area contributed by atoms with Gasteiger partial charge in [0.05, 0.1) is 5.69 Å². The second-order valence-electron chi connectivity index (χ2n) is 4.97. The molecule has 0 amide bonds. The van der Waals surface area contributed by atoms with E-state index in [1.165, 1.54) is 0 Å². The number of benzene rings is 1. The number of fused-ring (bicyclic) bond motifs is 1. The van der Waals surface area contributed by atoms with Gasteiger partial charge in [-0.1, -0.05) is 18.5 Å². The van der Waals surface area contributed by atoms with Crippen molar-refractivity contribution in [2.75, 3.05) is 0 Å². The lowest BCUT2D eigenvalue weighted by atomic mass is 9.98. The van der Waals surface area contributed by atoms with E-state index in [1.54, 1.807) is 12.1 Å². The van der Waals surface area contributed by atoms with Crippen molar-refractivity contribution in [1.82, 2.24) is 9.55 Å². The number of rotatable bonds is 1. The summed E-state index contributed by atoms with van der Waals surface area (Å²) in [6.07, 6.45) is 2.15. The van der Waals surface area contributed by atoms with E-state index in [0.717, 1.165) is 36.5 Å². The first kappa shape index (κ1) is 11.6. The van der Waals surface area contributed by atoms with Gasteiger partial charge in [-0.05, 0) is 43.0 Å². The van der Waals surface area contributed by atoms with Gasteiger partial charge in [0.2, 0.25) is 0 Å². The Labute approximate surface area is 111 Å². The molecule has 0 spiro atoms. The molecule has 0 radical (unpaired) electrons. The number of hydrogen-bond acceptors (Lipinski definition) is 2. The molecule has 0 fully saturated rings. The van der Waals surface area contributed by atoms with E-state index >= 15 is 0 Å². The van der Waals surface area contributed by atoms with E-state index in [1.807, 2.05) is 12.1 Å². The zero-order valence-corrected chi connectivity index (χ0v) is 11.0. The van der Waals surface area contributed by atoms with Crippen LogP contribution in [0.5, 0.6) is 5.75 Å². The molecule has 2 aromatic rings. The lowest BCUT2D eigenvalue weighted by molar-refractivity contribution is 0.419. The SMILES string of the molecule is CC1CCn2c(-c3ccc(O)cc3)nc(Cl)c2C1. The minimum absolute atomic E-state index is 0.267. The molecular formula is C14H15ClN2O. The second kappa shape index (κ2) is 4.32. The van der Waals surface area contributed by atoms with E-state index in [0.29, 0.717) is 11.1 Å². The third-order valence-corrected chi connectivity index (χ3v) is 3.84. The largest absolute Gasteiger partial charge is 0.508 e. The first-order valence-corrected chi connectivity index (χ1v) is 6.57. The molecule has 94 valence electrons. The Hall–Kier alpha value is -1.48. The van der Waals surface area contributed by atoms with E-state index in [-0.39, 0.29) is 5.75 Å². The fourth-order valence-electron chi connectivity index (χ4n) is 2.50. The Morgan fingerprint density at radius 1 is 1.33 bits per heavy atom. The molecule has 1 N–H and O–H groups in total. The number of nitrogens with zero attached hydrogens (tertiary/aromatic N) is 2. The summed E-state index contributed by atoms with van der Waals surface area (Å²) in [6, 6.07) is 7.10. The van der Waals surface area contributed by atoms with E-state index in [2.05, 4.69) is 16.5 Å². The summed E-state index contributed by atoms with van der Waals surface area (Å²) in [7, 11) is 0. The van der Waals surface area contributed by atoms with Gasteiger partial charge in [-0.3, -0.25) is 0 Å². The minimum atomic E-state index is 0.267. The second-order valence-corrected chi connectivity index (χ2v) is 5.33. The maximum Gasteiger partial charge on any atom is 0.150 e. The van der Waals surface area contributed by atoms with Crippen LogP contribution in [0.4, 0.5) is 0 Å². The first-order valence-electron chi connectivity index (χ1n) is 6.19. The van der Waals surface area contributed by atoms with Crippen molar-refractivity contribution >= 4 is 11.6 Å². The van der Waals surface area contributed by atoms with Crippen molar-refractivity contribution in [2.45, 2.75) is 26.3 Å². The van der Waals surface area contributed by atoms with Crippen LogP contribution in [0.1, 0.15) is 19.0 Å². The van der Waals surface area contributed by atoms with Crippen molar-refractivity contribution in [1.29, 1.82) is 0 Å². The van der Waals surface area contributed by atoms with Gasteiger partial charge in [0.25, 0.3) is 0 Å². The molecule has 0 saturated heterocycles. The molecule has 1 aromatic heterocycles. The van der Waals surface area contributed by atoms with Crippen LogP contribution in [0.25, 0.3) is 11.4 Å². The molecule has 1 aromatic carbocycles. The quantitative estimate of drug-likeness (QED) is 0.854. The smallest absolute Gasteiger partial charge is 0.150 e. The topological polar surface area (TPSA) is 38.0 Å². The number of phenols is 1. The van der Waals surface area contributed by atoms with Crippen LogP contribution >= 0.6 is 11.6 Å². The summed E-state index contributed by atoms with van der Waals surface area (Å²) in [4.78, 5) is 4.47. The van der Waals surface area contributed by atoms with E-state index < -0.39 is 0 Å². The van der Waals surface area contributed by atoms with Crippen LogP contribution < -0.4 is 0 Å². The van der Waals surface area contributed by atoms with Crippen molar-refractivity contribution in [3.63, 3.8) is 0 Å². The number of phenolic OH excluding ortho intramolecular Hbond substituents is 1. The summed E-state index contributed by atoms with van der Waals surface area (Å²) in [5.74, 6) is 1.84. The highest BCUT2D eigenvalue weighted by molar-refractivity contribution is 6.30. The maximum atomic E-state index is 9.33. The lowest BCUT2D eigenvalue weighted by Crippen LogP contribution is -2.17. The molecule has 3 nitrogen and oxygen atoms in total. The Morgan fingerprint density at radius 2 is 2.06 bits per heavy atom. The van der Waals surface area contributed by atoms with Gasteiger partial charge in [-0.15, -0.1) is 0 Å². The van der Waals surface area contributed by atoms with Crippen molar-refractivity contribution in [2.24, 2.45) is 5.92 Å². The zero-order chi connectivity index (χ0) is 12.7. The monoisotopic (exact) mass is 262 g/mol. The van der Waals surface area contributed by atoms with Crippen LogP contribution in [-0.4, -0.2) is 14.7 Å². The summed E-state index contributed by atoms with van der Waals surface area (Å²) < 4.78 is 2.20. The van der Waals surface area contributed by atoms with E-state index in [9.17, 15) is 5.11 Å². The van der Waals surface area contributed by atoms with Gasteiger partial charge < -0.3 is 9.67 Å². The molecule has 1 aliphatic heterocycles. The van der Waals surface area contributed by atoms with Gasteiger partial charge in [-0.25, -0.2) is 4.98 Å². The number of aromatic nitrogens is 2. The molecule has 0 bridgehead atoms. The highest BCUT2D eigenvalue weighted by Crippen LogP contribution is 2.32. The van der Waals surface area contributed by atoms with Gasteiger partial charge in [0.1, 0.15) is 11.6 Å². The number of imidazole rings is 1. The lowest BCUT2D eigenvalue weighted by Gasteiger charge is -2.22. The molecule has 0 aliphatic carbocycles. The number of halogens is 1. The third-order valence-electron chi connectivity index (χ3n) is 3.54. The van der Waals surface area contributed by atoms with Gasteiger partial charge >= 0.3 is 0 Å². The van der Waals surface area contributed by atoms with Crippen molar-refractivity contribution in [3.05, 3.63) is 35.1 Å². The molecule has 3 rings (SSSR count). The van der Waals surface area contributed by atoms with Crippen molar-refractivity contribution in [3.8, 4) is 17.1 Å². The van der Waals surface area contributed by atoms with Crippen LogP contribution in [0, 0.1) is 5.92 Å². The van der Waals surface area contributed by atoms with Crippen LogP contribution in [-0.2, 0) is 13.0 Å². The third kappa shape index (κ3) is 1.89. The minimum Gasteiger partial charge on any atom is -0.508 e. The summed E-state index contributed by atoms with van der Waals surface area (Å²) >= 11 is 6.23. The molecule has 2 heterocycles. The Kier molecular flexibility index (Phi) is 2.78. The highest BCUT2D eigenvalue weighted by Gasteiger charge is 2.23.